The molecule has 1 aromatic heterocycles. The Bertz CT molecular complexity index is 535. The molecule has 1 fully saturated rings. The fourth-order valence-electron chi connectivity index (χ4n) is 3.04. The molecular weight excluding hydrogens is 461 g/mol. The maximum Gasteiger partial charge on any atom is 0.228 e. The topological polar surface area (TPSA) is 75.3 Å². The van der Waals surface area contributed by atoms with Crippen molar-refractivity contribution >= 4 is 41.7 Å². The van der Waals surface area contributed by atoms with Crippen LogP contribution in [0.5, 0.6) is 0 Å². The van der Waals surface area contributed by atoms with Crippen molar-refractivity contribution in [2.24, 2.45) is 4.99 Å². The summed E-state index contributed by atoms with van der Waals surface area (Å²) in [7, 11) is 0. The number of hydrogen-bond donors (Lipinski definition) is 2. The van der Waals surface area contributed by atoms with Gasteiger partial charge in [0.25, 0.3) is 0 Å². The fraction of sp³-hybridized carbons (Fsp3) is 0.833. The lowest BCUT2D eigenvalue weighted by Gasteiger charge is -2.30. The molecule has 2 N–H and O–H groups in total. The second-order valence-corrected chi connectivity index (χ2v) is 8.37. The summed E-state index contributed by atoms with van der Waals surface area (Å²) in [5.74, 6) is 3.83. The Hall–Kier alpha value is -0.510. The van der Waals surface area contributed by atoms with Crippen molar-refractivity contribution in [2.45, 2.75) is 77.0 Å². The van der Waals surface area contributed by atoms with E-state index in [1.807, 2.05) is 0 Å². The highest BCUT2D eigenvalue weighted by Crippen LogP contribution is 2.28. The quantitative estimate of drug-likeness (QED) is 0.323. The van der Waals surface area contributed by atoms with Crippen LogP contribution in [0, 0.1) is 0 Å². The first kappa shape index (κ1) is 23.5. The third kappa shape index (κ3) is 8.02. The van der Waals surface area contributed by atoms with E-state index in [9.17, 15) is 0 Å². The summed E-state index contributed by atoms with van der Waals surface area (Å²) in [6, 6.07) is 0.520. The minimum absolute atomic E-state index is 0. The van der Waals surface area contributed by atoms with Crippen LogP contribution >= 0.6 is 35.7 Å². The Morgan fingerprint density at radius 1 is 1.35 bits per heavy atom. The average molecular weight is 495 g/mol. The first-order chi connectivity index (χ1) is 12.1. The SMILES string of the molecule is CCNC(=NCCc1nc(C(C)C)no1)NC1CCCC(SCC)C1.I. The molecule has 0 amide bonds. The maximum absolute atomic E-state index is 5.28. The molecule has 0 bridgehead atoms. The molecule has 26 heavy (non-hydrogen) atoms. The van der Waals surface area contributed by atoms with Crippen LogP contribution in [-0.2, 0) is 6.42 Å². The number of halogens is 1. The van der Waals surface area contributed by atoms with Gasteiger partial charge in [0.15, 0.2) is 11.8 Å². The van der Waals surface area contributed by atoms with Gasteiger partial charge in [0.2, 0.25) is 5.89 Å². The normalized spacial score (nSPS) is 20.7. The monoisotopic (exact) mass is 495 g/mol. The summed E-state index contributed by atoms with van der Waals surface area (Å²) in [6.07, 6.45) is 5.78. The molecule has 0 radical (unpaired) electrons. The summed E-state index contributed by atoms with van der Waals surface area (Å²) < 4.78 is 5.28. The van der Waals surface area contributed by atoms with E-state index in [1.165, 1.54) is 31.4 Å². The van der Waals surface area contributed by atoms with Gasteiger partial charge in [-0.3, -0.25) is 4.99 Å². The molecular formula is C18H34IN5OS. The van der Waals surface area contributed by atoms with Gasteiger partial charge in [0, 0.05) is 30.2 Å². The van der Waals surface area contributed by atoms with Gasteiger partial charge in [-0.05, 0) is 31.9 Å². The minimum atomic E-state index is 0. The van der Waals surface area contributed by atoms with E-state index in [2.05, 4.69) is 65.2 Å². The van der Waals surface area contributed by atoms with Crippen LogP contribution in [0.2, 0.25) is 0 Å². The van der Waals surface area contributed by atoms with Gasteiger partial charge in [-0.1, -0.05) is 32.3 Å². The summed E-state index contributed by atoms with van der Waals surface area (Å²) in [5, 5.41) is 11.8. The molecule has 1 aromatic rings. The Morgan fingerprint density at radius 3 is 2.81 bits per heavy atom. The van der Waals surface area contributed by atoms with Gasteiger partial charge in [-0.2, -0.15) is 16.7 Å². The van der Waals surface area contributed by atoms with Gasteiger partial charge in [-0.15, -0.1) is 24.0 Å². The lowest BCUT2D eigenvalue weighted by molar-refractivity contribution is 0.372. The largest absolute Gasteiger partial charge is 0.357 e. The molecule has 0 aliphatic heterocycles. The molecule has 0 spiro atoms. The first-order valence-electron chi connectivity index (χ1n) is 9.61. The highest BCUT2D eigenvalue weighted by molar-refractivity contribution is 14.0. The Labute approximate surface area is 179 Å². The van der Waals surface area contributed by atoms with Crippen molar-refractivity contribution in [3.8, 4) is 0 Å². The van der Waals surface area contributed by atoms with E-state index in [0.717, 1.165) is 23.6 Å². The maximum atomic E-state index is 5.28. The summed E-state index contributed by atoms with van der Waals surface area (Å²) in [6.45, 7) is 9.98. The third-order valence-electron chi connectivity index (χ3n) is 4.31. The molecule has 0 saturated heterocycles. The lowest BCUT2D eigenvalue weighted by atomic mass is 9.95. The third-order valence-corrected chi connectivity index (χ3v) is 5.54. The molecule has 1 saturated carbocycles. The second kappa shape index (κ2) is 12.8. The van der Waals surface area contributed by atoms with Crippen molar-refractivity contribution in [1.29, 1.82) is 0 Å². The zero-order valence-electron chi connectivity index (χ0n) is 16.5. The predicted molar refractivity (Wildman–Crippen MR) is 121 cm³/mol. The number of nitrogens with zero attached hydrogens (tertiary/aromatic N) is 3. The number of aromatic nitrogens is 2. The number of hydrogen-bond acceptors (Lipinski definition) is 5. The predicted octanol–water partition coefficient (Wildman–Crippen LogP) is 3.97. The molecule has 2 rings (SSSR count). The van der Waals surface area contributed by atoms with E-state index in [-0.39, 0.29) is 24.0 Å². The van der Waals surface area contributed by atoms with Crippen molar-refractivity contribution in [1.82, 2.24) is 20.8 Å². The average Bonchev–Trinajstić information content (AvgIpc) is 3.05. The van der Waals surface area contributed by atoms with Crippen LogP contribution in [0.25, 0.3) is 0 Å². The van der Waals surface area contributed by atoms with E-state index in [4.69, 9.17) is 4.52 Å². The molecule has 6 nitrogen and oxygen atoms in total. The van der Waals surface area contributed by atoms with Crippen LogP contribution in [0.15, 0.2) is 9.52 Å². The van der Waals surface area contributed by atoms with E-state index >= 15 is 0 Å². The molecule has 150 valence electrons. The van der Waals surface area contributed by atoms with Crippen molar-refractivity contribution in [3.05, 3.63) is 11.7 Å². The lowest BCUT2D eigenvalue weighted by Crippen LogP contribution is -2.45. The zero-order valence-corrected chi connectivity index (χ0v) is 19.6. The summed E-state index contributed by atoms with van der Waals surface area (Å²) in [5.41, 5.74) is 0. The van der Waals surface area contributed by atoms with E-state index < -0.39 is 0 Å². The van der Waals surface area contributed by atoms with Gasteiger partial charge >= 0.3 is 0 Å². The van der Waals surface area contributed by atoms with Crippen LogP contribution < -0.4 is 10.6 Å². The number of nitrogens with one attached hydrogen (secondary N) is 2. The number of rotatable bonds is 8. The van der Waals surface area contributed by atoms with Gasteiger partial charge in [-0.25, -0.2) is 0 Å². The Morgan fingerprint density at radius 2 is 2.15 bits per heavy atom. The molecule has 0 aromatic carbocycles. The molecule has 1 aliphatic rings. The van der Waals surface area contributed by atoms with Crippen molar-refractivity contribution < 1.29 is 4.52 Å². The highest BCUT2D eigenvalue weighted by atomic mass is 127. The van der Waals surface area contributed by atoms with Gasteiger partial charge in [0.05, 0.1) is 6.54 Å². The first-order valence-corrected chi connectivity index (χ1v) is 10.7. The standard InChI is InChI=1S/C18H33N5OS.HI/c1-5-19-18(21-14-8-7-9-15(12-14)25-6-2)20-11-10-16-22-17(13(3)4)23-24-16;/h13-15H,5-12H2,1-4H3,(H2,19,20,21);1H. The van der Waals surface area contributed by atoms with E-state index in [1.54, 1.807) is 0 Å². The molecule has 1 aliphatic carbocycles. The number of thioether (sulfide) groups is 1. The smallest absolute Gasteiger partial charge is 0.228 e. The van der Waals surface area contributed by atoms with Crippen LogP contribution in [0.1, 0.15) is 71.0 Å². The summed E-state index contributed by atoms with van der Waals surface area (Å²) >= 11 is 2.09. The van der Waals surface area contributed by atoms with Crippen molar-refractivity contribution in [3.63, 3.8) is 0 Å². The Kier molecular flexibility index (Phi) is 11.6. The fourth-order valence-corrected chi connectivity index (χ4v) is 4.22. The van der Waals surface area contributed by atoms with Crippen LogP contribution in [0.3, 0.4) is 0 Å². The molecule has 2 atom stereocenters. The van der Waals surface area contributed by atoms with Crippen LogP contribution in [0.4, 0.5) is 0 Å². The number of guanidine groups is 1. The van der Waals surface area contributed by atoms with Crippen molar-refractivity contribution in [2.75, 3.05) is 18.8 Å². The van der Waals surface area contributed by atoms with Crippen LogP contribution in [-0.4, -0.2) is 46.2 Å². The molecule has 1 heterocycles. The Balaban J connectivity index is 0.00000338. The zero-order chi connectivity index (χ0) is 18.1. The summed E-state index contributed by atoms with van der Waals surface area (Å²) in [4.78, 5) is 9.10. The second-order valence-electron chi connectivity index (χ2n) is 6.80. The van der Waals surface area contributed by atoms with E-state index in [0.29, 0.717) is 30.8 Å². The van der Waals surface area contributed by atoms with Gasteiger partial charge < -0.3 is 15.2 Å². The number of aliphatic imine (C=N–C) groups is 1. The highest BCUT2D eigenvalue weighted by Gasteiger charge is 2.22. The van der Waals surface area contributed by atoms with Gasteiger partial charge in [0.1, 0.15) is 0 Å². The molecule has 2 unspecified atom stereocenters. The molecule has 8 heteroatoms. The minimum Gasteiger partial charge on any atom is -0.357 e.